The first-order valence-electron chi connectivity index (χ1n) is 8.57. The molecule has 3 aromatic carbocycles. The Bertz CT molecular complexity index is 1310. The molecule has 0 saturated heterocycles. The van der Waals surface area contributed by atoms with E-state index < -0.39 is 34.8 Å². The maximum atomic E-state index is 12.0. The molecule has 31 heavy (non-hydrogen) atoms. The van der Waals surface area contributed by atoms with Crippen LogP contribution in [0.2, 0.25) is 0 Å². The molecule has 0 radical (unpaired) electrons. The summed E-state index contributed by atoms with van der Waals surface area (Å²) in [6, 6.07) is 11.5. The Morgan fingerprint density at radius 3 is 2.39 bits per heavy atom. The molecule has 3 rings (SSSR count). The van der Waals surface area contributed by atoms with E-state index in [-0.39, 0.29) is 11.4 Å². The number of hydrogen-bond donors (Lipinski definition) is 2. The van der Waals surface area contributed by atoms with Crippen LogP contribution in [-0.2, 0) is 10.1 Å². The van der Waals surface area contributed by atoms with E-state index >= 15 is 0 Å². The molecule has 8 nitrogen and oxygen atoms in total. The van der Waals surface area contributed by atoms with Crippen molar-refractivity contribution in [3.63, 3.8) is 0 Å². The number of alkyl halides is 3. The average Bonchev–Trinajstić information content (AvgIpc) is 2.73. The van der Waals surface area contributed by atoms with Gasteiger partial charge in [0.1, 0.15) is 0 Å². The van der Waals surface area contributed by atoms with Gasteiger partial charge in [0.05, 0.1) is 0 Å². The number of rotatable bonds is 6. The molecule has 0 unspecified atom stereocenters. The standard InChI is InChI=1S/C19H17I3N4O4S/c1-22(10-20)17-14(8-7-13(16(17)21)24-23-2)25-26-18-15(31(28,29)30)9-11-5-3-4-6-12(11)19(18)27/h3-9,27H,10H2,1-2H3,(H,28,29,30). The Hall–Kier alpha value is -0.980. The number of azo groups is 2. The zero-order valence-corrected chi connectivity index (χ0v) is 23.6. The molecule has 0 saturated carbocycles. The first-order valence-corrected chi connectivity index (χ1v) is 17.4. The SMILES string of the molecule is CN=Nc1ccc(N=Nc2c(S(=O)(=O)O)cc3ccccc3c2O)c(I(C)CI)c1I. The summed E-state index contributed by atoms with van der Waals surface area (Å²) in [4.78, 5) is 1.69. The summed E-state index contributed by atoms with van der Waals surface area (Å²) in [6.07, 6.45) is 0. The minimum absolute atomic E-state index is 0.301. The number of fused-ring (bicyclic) bond motifs is 1. The molecule has 3 aromatic rings. The Balaban J connectivity index is 2.25. The van der Waals surface area contributed by atoms with Gasteiger partial charge in [0, 0.05) is 0 Å². The van der Waals surface area contributed by atoms with Crippen molar-refractivity contribution in [1.29, 1.82) is 0 Å². The van der Waals surface area contributed by atoms with Crippen molar-refractivity contribution in [2.45, 2.75) is 4.90 Å². The fraction of sp³-hybridized carbons (Fsp3) is 0.158. The summed E-state index contributed by atoms with van der Waals surface area (Å²) in [5.41, 5.74) is 1.02. The maximum absolute atomic E-state index is 12.0. The third-order valence-corrected chi connectivity index (χ3v) is 16.8. The zero-order chi connectivity index (χ0) is 22.8. The Morgan fingerprint density at radius 2 is 1.74 bits per heavy atom. The van der Waals surface area contributed by atoms with Gasteiger partial charge in [-0.05, 0) is 0 Å². The van der Waals surface area contributed by atoms with Crippen LogP contribution in [0.1, 0.15) is 0 Å². The molecule has 0 bridgehead atoms. The van der Waals surface area contributed by atoms with Crippen molar-refractivity contribution < 1.29 is 18.1 Å². The van der Waals surface area contributed by atoms with Crippen LogP contribution in [0.15, 0.2) is 67.8 Å². The molecular formula is C19H17I3N4O4S. The molecule has 2 N–H and O–H groups in total. The molecule has 0 fully saturated rings. The number of phenolic OH excluding ortho intramolecular Hbond substituents is 1. The van der Waals surface area contributed by atoms with E-state index in [4.69, 9.17) is 0 Å². The molecule has 0 spiro atoms. The van der Waals surface area contributed by atoms with Crippen molar-refractivity contribution in [3.05, 3.63) is 49.6 Å². The van der Waals surface area contributed by atoms with Gasteiger partial charge >= 0.3 is 216 Å². The van der Waals surface area contributed by atoms with Crippen LogP contribution in [-0.4, -0.2) is 32.5 Å². The van der Waals surface area contributed by atoms with E-state index in [0.717, 1.165) is 15.3 Å². The summed E-state index contributed by atoms with van der Waals surface area (Å²) < 4.78 is 36.6. The molecule has 12 heteroatoms. The van der Waals surface area contributed by atoms with E-state index in [9.17, 15) is 18.1 Å². The molecule has 0 aliphatic carbocycles. The van der Waals surface area contributed by atoms with Gasteiger partial charge < -0.3 is 0 Å². The quantitative estimate of drug-likeness (QED) is 0.119. The predicted octanol–water partition coefficient (Wildman–Crippen LogP) is 7.22. The van der Waals surface area contributed by atoms with Crippen molar-refractivity contribution in [3.8, 4) is 5.75 Å². The number of halogens is 3. The predicted molar refractivity (Wildman–Crippen MR) is 147 cm³/mol. The molecule has 0 aliphatic heterocycles. The van der Waals surface area contributed by atoms with Gasteiger partial charge in [-0.25, -0.2) is 0 Å². The molecule has 0 amide bonds. The third-order valence-electron chi connectivity index (χ3n) is 4.22. The normalized spacial score (nSPS) is 12.9. The van der Waals surface area contributed by atoms with Crippen LogP contribution in [0.5, 0.6) is 5.75 Å². The third kappa shape index (κ3) is 5.33. The summed E-state index contributed by atoms with van der Waals surface area (Å²) >= 11 is 2.96. The fourth-order valence-electron chi connectivity index (χ4n) is 2.84. The second kappa shape index (κ2) is 10.3. The van der Waals surface area contributed by atoms with Crippen LogP contribution in [0.3, 0.4) is 0 Å². The monoisotopic (exact) mass is 778 g/mol. The number of nitrogens with zero attached hydrogens (tertiary/aromatic N) is 4. The molecular weight excluding hydrogens is 761 g/mol. The number of aromatic hydroxyl groups is 1. The van der Waals surface area contributed by atoms with Gasteiger partial charge in [-0.3, -0.25) is 0 Å². The number of benzene rings is 3. The summed E-state index contributed by atoms with van der Waals surface area (Å²) in [6.45, 7) is 0. The van der Waals surface area contributed by atoms with Crippen molar-refractivity contribution in [2.75, 3.05) is 14.4 Å². The van der Waals surface area contributed by atoms with Gasteiger partial charge in [-0.2, -0.15) is 0 Å². The summed E-state index contributed by atoms with van der Waals surface area (Å²) in [5, 5.41) is 28.0. The van der Waals surface area contributed by atoms with Gasteiger partial charge in [-0.1, -0.05) is 0 Å². The van der Waals surface area contributed by atoms with Gasteiger partial charge in [0.25, 0.3) is 0 Å². The van der Waals surface area contributed by atoms with Gasteiger partial charge in [0.2, 0.25) is 0 Å². The first kappa shape index (κ1) is 24.7. The second-order valence-corrected chi connectivity index (χ2v) is 17.6. The molecule has 0 atom stereocenters. The van der Waals surface area contributed by atoms with E-state index in [1.165, 1.54) is 6.07 Å². The molecule has 0 aromatic heterocycles. The minimum atomic E-state index is -4.64. The Kier molecular flexibility index (Phi) is 8.20. The molecule has 164 valence electrons. The van der Waals surface area contributed by atoms with Crippen molar-refractivity contribution in [2.24, 2.45) is 20.5 Å². The van der Waals surface area contributed by atoms with E-state index in [0.29, 0.717) is 16.5 Å². The first-order chi connectivity index (χ1) is 14.7. The van der Waals surface area contributed by atoms with Crippen LogP contribution >= 0.6 is 65.0 Å². The van der Waals surface area contributed by atoms with E-state index in [2.05, 4.69) is 70.6 Å². The fourth-order valence-corrected chi connectivity index (χ4v) is 10.9. The van der Waals surface area contributed by atoms with E-state index in [1.807, 2.05) is 0 Å². The summed E-state index contributed by atoms with van der Waals surface area (Å²) in [5.74, 6) is -0.358. The van der Waals surface area contributed by atoms with E-state index in [1.54, 1.807) is 43.4 Å². The number of phenols is 1. The molecule has 0 aliphatic rings. The van der Waals surface area contributed by atoms with Crippen LogP contribution in [0.4, 0.5) is 17.1 Å². The van der Waals surface area contributed by atoms with Crippen molar-refractivity contribution >= 4 is 103 Å². The summed E-state index contributed by atoms with van der Waals surface area (Å²) in [7, 11) is -3.04. The van der Waals surface area contributed by atoms with Crippen LogP contribution in [0.25, 0.3) is 10.8 Å². The second-order valence-electron chi connectivity index (χ2n) is 6.19. The molecule has 0 heterocycles. The average molecular weight is 778 g/mol. The van der Waals surface area contributed by atoms with Crippen molar-refractivity contribution in [1.82, 2.24) is 0 Å². The van der Waals surface area contributed by atoms with Gasteiger partial charge in [0.15, 0.2) is 0 Å². The topological polar surface area (TPSA) is 124 Å². The number of hydrogen-bond acceptors (Lipinski definition) is 7. The van der Waals surface area contributed by atoms with Crippen LogP contribution < -0.4 is 0 Å². The Labute approximate surface area is 214 Å². The van der Waals surface area contributed by atoms with Crippen LogP contribution in [0, 0.1) is 7.14 Å². The Morgan fingerprint density at radius 1 is 1.06 bits per heavy atom. The van der Waals surface area contributed by atoms with Gasteiger partial charge in [-0.15, -0.1) is 0 Å². The zero-order valence-electron chi connectivity index (χ0n) is 16.3.